The van der Waals surface area contributed by atoms with Crippen molar-refractivity contribution < 1.29 is 18.3 Å². The van der Waals surface area contributed by atoms with Crippen LogP contribution in [0.5, 0.6) is 0 Å². The molecule has 1 heterocycles. The molecule has 0 unspecified atom stereocenters. The van der Waals surface area contributed by atoms with Crippen molar-refractivity contribution in [3.8, 4) is 0 Å². The van der Waals surface area contributed by atoms with Crippen molar-refractivity contribution in [3.05, 3.63) is 21.9 Å². The second kappa shape index (κ2) is 4.52. The highest BCUT2D eigenvalue weighted by Gasteiger charge is 2.21. The van der Waals surface area contributed by atoms with E-state index in [1.807, 2.05) is 0 Å². The van der Waals surface area contributed by atoms with Crippen LogP contribution in [-0.4, -0.2) is 18.1 Å². The van der Waals surface area contributed by atoms with Gasteiger partial charge in [-0.1, -0.05) is 0 Å². The number of hydrogen-bond acceptors (Lipinski definition) is 4. The Labute approximate surface area is 92.6 Å². The molecular formula is C8H7BrF2N2O2. The molecule has 0 aliphatic rings. The third kappa shape index (κ3) is 2.41. The number of nitrogen functional groups attached to an aromatic ring is 1. The first-order valence-corrected chi connectivity index (χ1v) is 4.59. The molecule has 1 aromatic rings. The van der Waals surface area contributed by atoms with Crippen molar-refractivity contribution in [1.29, 1.82) is 0 Å². The van der Waals surface area contributed by atoms with Crippen LogP contribution in [0.1, 0.15) is 22.5 Å². The quantitative estimate of drug-likeness (QED) is 0.666. The smallest absolute Gasteiger partial charge is 0.358 e. The molecule has 1 rings (SSSR count). The highest BCUT2D eigenvalue weighted by atomic mass is 79.9. The maximum atomic E-state index is 12.5. The van der Waals surface area contributed by atoms with Crippen LogP contribution in [0.2, 0.25) is 0 Å². The van der Waals surface area contributed by atoms with Crippen molar-refractivity contribution in [1.82, 2.24) is 4.98 Å². The zero-order valence-electron chi connectivity index (χ0n) is 7.63. The summed E-state index contributed by atoms with van der Waals surface area (Å²) in [6.07, 6.45) is -2.77. The Morgan fingerprint density at radius 2 is 2.27 bits per heavy atom. The Bertz CT molecular complexity index is 398. The van der Waals surface area contributed by atoms with E-state index < -0.39 is 18.0 Å². The number of nitrogens with two attached hydrogens (primary N) is 1. The number of carbonyl (C=O) groups is 1. The van der Waals surface area contributed by atoms with Crippen LogP contribution in [0, 0.1) is 0 Å². The largest absolute Gasteiger partial charge is 0.464 e. The molecule has 0 atom stereocenters. The molecule has 0 saturated heterocycles. The minimum atomic E-state index is -2.77. The first-order chi connectivity index (χ1) is 6.97. The summed E-state index contributed by atoms with van der Waals surface area (Å²) in [7, 11) is 1.12. The average molecular weight is 281 g/mol. The van der Waals surface area contributed by atoms with Crippen LogP contribution < -0.4 is 5.73 Å². The van der Waals surface area contributed by atoms with E-state index in [1.165, 1.54) is 0 Å². The normalized spacial score (nSPS) is 10.5. The fraction of sp³-hybridized carbons (Fsp3) is 0.250. The second-order valence-corrected chi connectivity index (χ2v) is 3.40. The number of rotatable bonds is 2. The lowest BCUT2D eigenvalue weighted by molar-refractivity contribution is 0.0594. The van der Waals surface area contributed by atoms with E-state index in [2.05, 4.69) is 25.7 Å². The highest BCUT2D eigenvalue weighted by molar-refractivity contribution is 9.10. The number of methoxy groups -OCH3 is 1. The molecule has 0 saturated carbocycles. The molecule has 15 heavy (non-hydrogen) atoms. The van der Waals surface area contributed by atoms with Crippen LogP contribution in [-0.2, 0) is 4.74 Å². The SMILES string of the molecule is COC(=O)c1nc(Br)cc(C(F)F)c1N. The first-order valence-electron chi connectivity index (χ1n) is 3.79. The van der Waals surface area contributed by atoms with Gasteiger partial charge in [-0.05, 0) is 22.0 Å². The summed E-state index contributed by atoms with van der Waals surface area (Å²) in [6, 6.07) is 1.06. The average Bonchev–Trinajstić information content (AvgIpc) is 2.19. The zero-order chi connectivity index (χ0) is 11.6. The predicted molar refractivity (Wildman–Crippen MR) is 52.6 cm³/mol. The number of anilines is 1. The Kier molecular flexibility index (Phi) is 3.57. The molecule has 0 amide bonds. The Balaban J connectivity index is 3.34. The summed E-state index contributed by atoms with van der Waals surface area (Å²) in [5.41, 5.74) is 4.24. The molecule has 0 aliphatic carbocycles. The topological polar surface area (TPSA) is 65.2 Å². The molecule has 7 heteroatoms. The number of hydrogen-bond donors (Lipinski definition) is 1. The summed E-state index contributed by atoms with van der Waals surface area (Å²) >= 11 is 2.91. The van der Waals surface area contributed by atoms with E-state index in [4.69, 9.17) is 5.73 Å². The van der Waals surface area contributed by atoms with Gasteiger partial charge < -0.3 is 10.5 Å². The van der Waals surface area contributed by atoms with Crippen molar-refractivity contribution >= 4 is 27.6 Å². The lowest BCUT2D eigenvalue weighted by Gasteiger charge is -2.08. The van der Waals surface area contributed by atoms with Crippen molar-refractivity contribution in [3.63, 3.8) is 0 Å². The third-order valence-corrected chi connectivity index (χ3v) is 2.08. The minimum Gasteiger partial charge on any atom is -0.464 e. The molecule has 0 bridgehead atoms. The van der Waals surface area contributed by atoms with Gasteiger partial charge in [0, 0.05) is 5.56 Å². The van der Waals surface area contributed by atoms with Gasteiger partial charge in [-0.2, -0.15) is 0 Å². The van der Waals surface area contributed by atoms with Crippen molar-refractivity contribution in [2.24, 2.45) is 0 Å². The zero-order valence-corrected chi connectivity index (χ0v) is 9.22. The van der Waals surface area contributed by atoms with E-state index in [0.29, 0.717) is 0 Å². The van der Waals surface area contributed by atoms with Crippen LogP contribution in [0.4, 0.5) is 14.5 Å². The number of esters is 1. The third-order valence-electron chi connectivity index (χ3n) is 1.67. The Morgan fingerprint density at radius 1 is 1.67 bits per heavy atom. The maximum Gasteiger partial charge on any atom is 0.358 e. The molecule has 1 aromatic heterocycles. The van der Waals surface area contributed by atoms with Gasteiger partial charge in [0.2, 0.25) is 0 Å². The van der Waals surface area contributed by atoms with Gasteiger partial charge in [0.25, 0.3) is 6.43 Å². The maximum absolute atomic E-state index is 12.5. The molecule has 82 valence electrons. The van der Waals surface area contributed by atoms with Gasteiger partial charge in [-0.15, -0.1) is 0 Å². The van der Waals surface area contributed by atoms with Crippen LogP contribution >= 0.6 is 15.9 Å². The Morgan fingerprint density at radius 3 is 2.73 bits per heavy atom. The standard InChI is InChI=1S/C8H7BrF2N2O2/c1-15-8(14)6-5(12)3(7(10)11)2-4(9)13-6/h2,7H,12H2,1H3. The van der Waals surface area contributed by atoms with Crippen LogP contribution in [0.15, 0.2) is 10.7 Å². The fourth-order valence-electron chi connectivity index (χ4n) is 0.975. The van der Waals surface area contributed by atoms with E-state index in [1.54, 1.807) is 0 Å². The van der Waals surface area contributed by atoms with Gasteiger partial charge in [0.05, 0.1) is 12.8 Å². The fourth-order valence-corrected chi connectivity index (χ4v) is 1.40. The van der Waals surface area contributed by atoms with Gasteiger partial charge >= 0.3 is 5.97 Å². The van der Waals surface area contributed by atoms with Crippen molar-refractivity contribution in [2.45, 2.75) is 6.43 Å². The molecule has 0 aromatic carbocycles. The van der Waals surface area contributed by atoms with Gasteiger partial charge in [-0.3, -0.25) is 0 Å². The van der Waals surface area contributed by atoms with E-state index in [0.717, 1.165) is 13.2 Å². The number of carbonyl (C=O) groups excluding carboxylic acids is 1. The van der Waals surface area contributed by atoms with E-state index in [9.17, 15) is 13.6 Å². The monoisotopic (exact) mass is 280 g/mol. The Hall–Kier alpha value is -1.24. The predicted octanol–water partition coefficient (Wildman–Crippen LogP) is 2.15. The number of alkyl halides is 2. The summed E-state index contributed by atoms with van der Waals surface area (Å²) in [5.74, 6) is -0.851. The number of aromatic nitrogens is 1. The number of nitrogens with zero attached hydrogens (tertiary/aromatic N) is 1. The summed E-state index contributed by atoms with van der Waals surface area (Å²) in [5, 5.41) is 0. The van der Waals surface area contributed by atoms with Gasteiger partial charge in [-0.25, -0.2) is 18.6 Å². The van der Waals surface area contributed by atoms with Gasteiger partial charge in [0.1, 0.15) is 4.60 Å². The second-order valence-electron chi connectivity index (χ2n) is 2.59. The summed E-state index contributed by atoms with van der Waals surface area (Å²) in [4.78, 5) is 14.8. The molecular weight excluding hydrogens is 274 g/mol. The highest BCUT2D eigenvalue weighted by Crippen LogP contribution is 2.29. The molecule has 4 nitrogen and oxygen atoms in total. The number of pyridine rings is 1. The molecule has 0 radical (unpaired) electrons. The van der Waals surface area contributed by atoms with Crippen LogP contribution in [0.25, 0.3) is 0 Å². The number of halogens is 3. The minimum absolute atomic E-state index is 0.104. The lowest BCUT2D eigenvalue weighted by atomic mass is 10.2. The summed E-state index contributed by atoms with van der Waals surface area (Å²) < 4.78 is 29.4. The molecule has 0 spiro atoms. The van der Waals surface area contributed by atoms with Crippen molar-refractivity contribution in [2.75, 3.05) is 12.8 Å². The van der Waals surface area contributed by atoms with Gasteiger partial charge in [0.15, 0.2) is 5.69 Å². The first kappa shape index (κ1) is 11.8. The van der Waals surface area contributed by atoms with E-state index >= 15 is 0 Å². The summed E-state index contributed by atoms with van der Waals surface area (Å²) in [6.45, 7) is 0. The number of ether oxygens (including phenoxy) is 1. The molecule has 0 fully saturated rings. The lowest BCUT2D eigenvalue weighted by Crippen LogP contribution is -2.11. The molecule has 0 aliphatic heterocycles. The van der Waals surface area contributed by atoms with E-state index in [-0.39, 0.29) is 16.0 Å². The van der Waals surface area contributed by atoms with Crippen LogP contribution in [0.3, 0.4) is 0 Å². The molecule has 2 N–H and O–H groups in total.